The zero-order valence-electron chi connectivity index (χ0n) is 14.2. The number of nitrogens with zero attached hydrogens (tertiary/aromatic N) is 2. The summed E-state index contributed by atoms with van der Waals surface area (Å²) in [6.07, 6.45) is 0.563. The lowest BCUT2D eigenvalue weighted by atomic mass is 9.71. The number of likely N-dealkylation sites (tertiary alicyclic amines) is 1. The van der Waals surface area contributed by atoms with Gasteiger partial charge in [0.15, 0.2) is 0 Å². The Kier molecular flexibility index (Phi) is 3.08. The van der Waals surface area contributed by atoms with E-state index in [1.165, 1.54) is 0 Å². The average Bonchev–Trinajstić information content (AvgIpc) is 3.32. The highest BCUT2D eigenvalue weighted by atomic mass is 16.6. The third-order valence-electron chi connectivity index (χ3n) is 6.42. The molecular formula is C19H18N2O5. The summed E-state index contributed by atoms with van der Waals surface area (Å²) in [5.74, 6) is -2.87. The molecule has 2 aliphatic carbocycles. The number of fused-ring (bicyclic) bond motifs is 8. The first-order valence-electron chi connectivity index (χ1n) is 8.85. The monoisotopic (exact) mass is 354 g/mol. The number of imide groups is 1. The number of carbonyl (C=O) groups is 3. The van der Waals surface area contributed by atoms with Gasteiger partial charge in [-0.3, -0.25) is 19.3 Å². The first-order chi connectivity index (χ1) is 12.5. The molecule has 134 valence electrons. The molecule has 2 saturated carbocycles. The Balaban J connectivity index is 1.47. The Bertz CT molecular complexity index is 861. The van der Waals surface area contributed by atoms with Crippen LogP contribution in [0.4, 0.5) is 0 Å². The molecule has 7 nitrogen and oxygen atoms in total. The van der Waals surface area contributed by atoms with Crippen LogP contribution in [0, 0.1) is 36.5 Å². The van der Waals surface area contributed by atoms with E-state index in [0.29, 0.717) is 0 Å². The van der Waals surface area contributed by atoms with E-state index in [2.05, 4.69) is 5.16 Å². The molecule has 7 heteroatoms. The van der Waals surface area contributed by atoms with E-state index in [1.54, 1.807) is 0 Å². The number of hydrogen-bond donors (Lipinski definition) is 1. The van der Waals surface area contributed by atoms with Crippen molar-refractivity contribution in [3.63, 3.8) is 0 Å². The van der Waals surface area contributed by atoms with E-state index in [1.807, 2.05) is 31.2 Å². The van der Waals surface area contributed by atoms with Crippen LogP contribution in [0.2, 0.25) is 0 Å². The average molecular weight is 354 g/mol. The van der Waals surface area contributed by atoms with Crippen molar-refractivity contribution in [2.75, 3.05) is 6.54 Å². The molecule has 0 aromatic heterocycles. The molecule has 6 atom stereocenters. The van der Waals surface area contributed by atoms with Crippen LogP contribution in [0.25, 0.3) is 0 Å². The highest BCUT2D eigenvalue weighted by molar-refractivity contribution is 6.10. The number of carboxylic acids is 1. The molecule has 1 aromatic rings. The molecule has 2 bridgehead atoms. The van der Waals surface area contributed by atoms with Crippen LogP contribution in [0.15, 0.2) is 29.4 Å². The molecule has 2 heterocycles. The lowest BCUT2D eigenvalue weighted by Crippen LogP contribution is -2.41. The van der Waals surface area contributed by atoms with Crippen LogP contribution >= 0.6 is 0 Å². The minimum atomic E-state index is -1.17. The molecule has 1 N–H and O–H groups in total. The molecule has 0 unspecified atom stereocenters. The number of benzene rings is 1. The Morgan fingerprint density at radius 1 is 1.15 bits per heavy atom. The van der Waals surface area contributed by atoms with Crippen molar-refractivity contribution < 1.29 is 24.3 Å². The molecule has 1 saturated heterocycles. The first kappa shape index (κ1) is 15.5. The summed E-state index contributed by atoms with van der Waals surface area (Å²) in [7, 11) is 0. The van der Waals surface area contributed by atoms with Crippen molar-refractivity contribution in [3.8, 4) is 0 Å². The van der Waals surface area contributed by atoms with Gasteiger partial charge >= 0.3 is 5.97 Å². The Hall–Kier alpha value is -2.70. The Labute approximate surface area is 149 Å². The number of carboxylic acid groups (broad SMARTS) is 1. The molecule has 4 aliphatic rings. The number of aliphatic carboxylic acids is 1. The van der Waals surface area contributed by atoms with E-state index < -0.39 is 24.3 Å². The van der Waals surface area contributed by atoms with Gasteiger partial charge in [0.05, 0.1) is 17.5 Å². The Morgan fingerprint density at radius 3 is 2.46 bits per heavy atom. The van der Waals surface area contributed by atoms with Gasteiger partial charge in [-0.05, 0) is 24.8 Å². The maximum Gasteiger partial charge on any atom is 0.323 e. The van der Waals surface area contributed by atoms with Gasteiger partial charge in [0.25, 0.3) is 0 Å². The van der Waals surface area contributed by atoms with Crippen LogP contribution in [-0.2, 0) is 19.2 Å². The van der Waals surface area contributed by atoms with Gasteiger partial charge in [-0.15, -0.1) is 0 Å². The molecule has 1 aromatic carbocycles. The zero-order valence-corrected chi connectivity index (χ0v) is 14.2. The summed E-state index contributed by atoms with van der Waals surface area (Å²) in [5.41, 5.74) is 2.97. The van der Waals surface area contributed by atoms with Gasteiger partial charge in [0.2, 0.25) is 11.8 Å². The minimum Gasteiger partial charge on any atom is -0.480 e. The third kappa shape index (κ3) is 1.88. The number of hydrogen-bond acceptors (Lipinski definition) is 5. The Morgan fingerprint density at radius 2 is 1.81 bits per heavy atom. The van der Waals surface area contributed by atoms with Gasteiger partial charge in [-0.1, -0.05) is 35.0 Å². The van der Waals surface area contributed by atoms with Crippen molar-refractivity contribution in [1.82, 2.24) is 4.90 Å². The van der Waals surface area contributed by atoms with Gasteiger partial charge in [-0.25, -0.2) is 0 Å². The predicted octanol–water partition coefficient (Wildman–Crippen LogP) is 1.05. The van der Waals surface area contributed by atoms with Crippen molar-refractivity contribution in [2.45, 2.75) is 19.4 Å². The van der Waals surface area contributed by atoms with E-state index in [0.717, 1.165) is 28.2 Å². The predicted molar refractivity (Wildman–Crippen MR) is 89.0 cm³/mol. The minimum absolute atomic E-state index is 0.00881. The zero-order chi connectivity index (χ0) is 18.2. The standard InChI is InChI=1S/C19H18N2O5/c1-8-2-4-9(5-3-8)16-15-10-6-11(17(15)26-20-16)14-13(10)18(24)21(19(14)25)7-12(22)23/h2-5,10-11,13-15,17H,6-7H2,1H3,(H,22,23)/t10-,11+,13-,14+,15-,17-/m1/s1. The number of carbonyl (C=O) groups excluding carboxylic acids is 2. The largest absolute Gasteiger partial charge is 0.480 e. The van der Waals surface area contributed by atoms with Crippen molar-refractivity contribution in [2.24, 2.45) is 34.7 Å². The quantitative estimate of drug-likeness (QED) is 0.819. The smallest absolute Gasteiger partial charge is 0.323 e. The molecule has 2 aliphatic heterocycles. The highest BCUT2D eigenvalue weighted by Crippen LogP contribution is 2.61. The summed E-state index contributed by atoms with van der Waals surface area (Å²) in [6, 6.07) is 8.03. The third-order valence-corrected chi connectivity index (χ3v) is 6.42. The van der Waals surface area contributed by atoms with E-state index in [-0.39, 0.29) is 35.7 Å². The molecule has 5 rings (SSSR count). The second-order valence-corrected chi connectivity index (χ2v) is 7.71. The van der Waals surface area contributed by atoms with Crippen molar-refractivity contribution >= 4 is 23.5 Å². The summed E-state index contributed by atoms with van der Waals surface area (Å²) >= 11 is 0. The molecular weight excluding hydrogens is 336 g/mol. The van der Waals surface area contributed by atoms with Crippen LogP contribution < -0.4 is 0 Å². The van der Waals surface area contributed by atoms with Crippen molar-refractivity contribution in [1.29, 1.82) is 0 Å². The molecule has 2 amide bonds. The topological polar surface area (TPSA) is 96.3 Å². The summed E-state index contributed by atoms with van der Waals surface area (Å²) in [5, 5.41) is 13.3. The SMILES string of the molecule is Cc1ccc(C2=NO[C@@H]3[C@H]4C[C@H]([C@H]5C(=O)N(CC(=O)O)C(=O)[C@@H]45)[C@H]23)cc1. The molecule has 26 heavy (non-hydrogen) atoms. The number of rotatable bonds is 3. The van der Waals surface area contributed by atoms with E-state index in [9.17, 15) is 14.4 Å². The lowest BCUT2D eigenvalue weighted by Gasteiger charge is -2.29. The number of aryl methyl sites for hydroxylation is 1. The van der Waals surface area contributed by atoms with Gasteiger partial charge < -0.3 is 9.94 Å². The number of amides is 2. The van der Waals surface area contributed by atoms with Crippen LogP contribution in [-0.4, -0.2) is 46.2 Å². The summed E-state index contributed by atoms with van der Waals surface area (Å²) in [4.78, 5) is 43.0. The van der Waals surface area contributed by atoms with Gasteiger partial charge in [-0.2, -0.15) is 0 Å². The fraction of sp³-hybridized carbons (Fsp3) is 0.474. The van der Waals surface area contributed by atoms with Crippen LogP contribution in [0.1, 0.15) is 17.5 Å². The highest BCUT2D eigenvalue weighted by Gasteiger charge is 2.70. The normalized spacial score (nSPS) is 36.8. The second-order valence-electron chi connectivity index (χ2n) is 7.71. The first-order valence-corrected chi connectivity index (χ1v) is 8.85. The fourth-order valence-electron chi connectivity index (χ4n) is 5.44. The van der Waals surface area contributed by atoms with Gasteiger partial charge in [0, 0.05) is 11.8 Å². The van der Waals surface area contributed by atoms with Crippen LogP contribution in [0.3, 0.4) is 0 Å². The van der Waals surface area contributed by atoms with Gasteiger partial charge in [0.1, 0.15) is 12.6 Å². The summed E-state index contributed by atoms with van der Waals surface area (Å²) in [6.45, 7) is 1.46. The molecule has 0 spiro atoms. The maximum atomic E-state index is 12.8. The number of oxime groups is 1. The summed E-state index contributed by atoms with van der Waals surface area (Å²) < 4.78 is 0. The van der Waals surface area contributed by atoms with E-state index in [4.69, 9.17) is 9.94 Å². The molecule has 0 radical (unpaired) electrons. The lowest BCUT2D eigenvalue weighted by molar-refractivity contribution is -0.150. The van der Waals surface area contributed by atoms with Crippen molar-refractivity contribution in [3.05, 3.63) is 35.4 Å². The van der Waals surface area contributed by atoms with Crippen LogP contribution in [0.5, 0.6) is 0 Å². The molecule has 3 fully saturated rings. The fourth-order valence-corrected chi connectivity index (χ4v) is 5.44. The van der Waals surface area contributed by atoms with E-state index >= 15 is 0 Å². The maximum absolute atomic E-state index is 12.8. The second kappa shape index (κ2) is 5.16.